The maximum Gasteiger partial charge on any atom is 0.315 e. The first-order valence-corrected chi connectivity index (χ1v) is 7.32. The molecule has 3 N–H and O–H groups in total. The smallest absolute Gasteiger partial charge is 0.315 e. The zero-order valence-electron chi connectivity index (χ0n) is 12.8. The molecule has 0 aliphatic carbocycles. The van der Waals surface area contributed by atoms with Crippen LogP contribution in [0.2, 0.25) is 0 Å². The Labute approximate surface area is 135 Å². The summed E-state index contributed by atoms with van der Waals surface area (Å²) in [4.78, 5) is 11.3. The van der Waals surface area contributed by atoms with E-state index in [1.807, 2.05) is 60.7 Å². The zero-order chi connectivity index (χ0) is 16.9. The van der Waals surface area contributed by atoms with Gasteiger partial charge >= 0.3 is 5.97 Å². The van der Waals surface area contributed by atoms with Crippen molar-refractivity contribution in [2.75, 3.05) is 26.4 Å². The van der Waals surface area contributed by atoms with Crippen molar-refractivity contribution in [1.29, 1.82) is 0 Å². The molecule has 23 heavy (non-hydrogen) atoms. The second-order valence-electron chi connectivity index (χ2n) is 4.65. The van der Waals surface area contributed by atoms with Crippen molar-refractivity contribution >= 4 is 5.97 Å². The molecule has 0 aliphatic rings. The molecule has 0 fully saturated rings. The summed E-state index contributed by atoms with van der Waals surface area (Å²) in [7, 11) is 0. The van der Waals surface area contributed by atoms with Gasteiger partial charge < -0.3 is 20.1 Å². The predicted molar refractivity (Wildman–Crippen MR) is 87.4 cm³/mol. The van der Waals surface area contributed by atoms with E-state index in [2.05, 4.69) is 4.74 Å². The van der Waals surface area contributed by atoms with Gasteiger partial charge in [0.15, 0.2) is 0 Å². The van der Waals surface area contributed by atoms with Gasteiger partial charge in [0.25, 0.3) is 0 Å². The van der Waals surface area contributed by atoms with Crippen LogP contribution in [-0.2, 0) is 9.53 Å². The van der Waals surface area contributed by atoms with Gasteiger partial charge in [-0.2, -0.15) is 0 Å². The van der Waals surface area contributed by atoms with Gasteiger partial charge in [-0.3, -0.25) is 4.79 Å². The largest absolute Gasteiger partial charge is 0.481 e. The first kappa shape index (κ1) is 18.8. The Morgan fingerprint density at radius 1 is 0.826 bits per heavy atom. The Morgan fingerprint density at radius 3 is 1.52 bits per heavy atom. The first-order chi connectivity index (χ1) is 11.2. The quantitative estimate of drug-likeness (QED) is 0.679. The van der Waals surface area contributed by atoms with Crippen LogP contribution in [0.4, 0.5) is 0 Å². The highest BCUT2D eigenvalue weighted by Gasteiger charge is 2.20. The lowest BCUT2D eigenvalue weighted by Gasteiger charge is -2.12. The molecule has 0 saturated carbocycles. The fourth-order valence-electron chi connectivity index (χ4n) is 2.00. The van der Waals surface area contributed by atoms with Crippen molar-refractivity contribution in [3.63, 3.8) is 0 Å². The van der Waals surface area contributed by atoms with E-state index in [9.17, 15) is 9.90 Å². The van der Waals surface area contributed by atoms with Gasteiger partial charge in [0.2, 0.25) is 0 Å². The van der Waals surface area contributed by atoms with E-state index in [0.717, 1.165) is 11.1 Å². The minimum atomic E-state index is -0.822. The monoisotopic (exact) mass is 318 g/mol. The Hall–Kier alpha value is -2.21. The third kappa shape index (κ3) is 7.06. The molecule has 0 radical (unpaired) electrons. The van der Waals surface area contributed by atoms with Gasteiger partial charge in [-0.05, 0) is 11.1 Å². The standard InChI is InChI=1S/C14H12O2.C4H10O3/c15-14(16)13(11-7-3-1-4-8-11)12-9-5-2-6-10-12;5-1-3-7-4-2-6/h1-10,13H,(H,15,16);5-6H,1-4H2. The van der Waals surface area contributed by atoms with Crippen LogP contribution >= 0.6 is 0 Å². The molecule has 0 heterocycles. The molecule has 0 aromatic heterocycles. The minimum absolute atomic E-state index is 0.0278. The van der Waals surface area contributed by atoms with Crippen LogP contribution < -0.4 is 0 Å². The molecule has 0 saturated heterocycles. The molecule has 124 valence electrons. The highest BCUT2D eigenvalue weighted by atomic mass is 16.5. The maximum absolute atomic E-state index is 11.3. The molecule has 0 amide bonds. The van der Waals surface area contributed by atoms with Gasteiger partial charge in [0.1, 0.15) is 5.92 Å². The molecule has 0 aliphatic heterocycles. The number of benzene rings is 2. The lowest BCUT2D eigenvalue weighted by Crippen LogP contribution is -2.12. The Balaban J connectivity index is 0.000000322. The van der Waals surface area contributed by atoms with Crippen LogP contribution in [-0.4, -0.2) is 47.7 Å². The molecule has 0 unspecified atom stereocenters. The normalized spacial score (nSPS) is 10.0. The number of aliphatic hydroxyl groups excluding tert-OH is 2. The number of hydrogen-bond acceptors (Lipinski definition) is 4. The summed E-state index contributed by atoms with van der Waals surface area (Å²) in [5.74, 6) is -1.40. The molecule has 0 spiro atoms. The fraction of sp³-hybridized carbons (Fsp3) is 0.278. The van der Waals surface area contributed by atoms with Gasteiger partial charge in [-0.15, -0.1) is 0 Å². The van der Waals surface area contributed by atoms with Crippen LogP contribution in [0.5, 0.6) is 0 Å². The van der Waals surface area contributed by atoms with E-state index in [4.69, 9.17) is 10.2 Å². The van der Waals surface area contributed by atoms with Gasteiger partial charge in [0.05, 0.1) is 26.4 Å². The van der Waals surface area contributed by atoms with Crippen LogP contribution in [0.1, 0.15) is 17.0 Å². The van der Waals surface area contributed by atoms with Crippen molar-refractivity contribution in [3.05, 3.63) is 71.8 Å². The number of carboxylic acid groups (broad SMARTS) is 1. The Bertz CT molecular complexity index is 498. The van der Waals surface area contributed by atoms with Crippen molar-refractivity contribution in [3.8, 4) is 0 Å². The number of aliphatic hydroxyl groups is 2. The molecule has 0 atom stereocenters. The van der Waals surface area contributed by atoms with Gasteiger partial charge in [-0.25, -0.2) is 0 Å². The SMILES string of the molecule is O=C(O)C(c1ccccc1)c1ccccc1.OCCOCCO. The van der Waals surface area contributed by atoms with Crippen molar-refractivity contribution < 1.29 is 24.9 Å². The molecule has 2 aromatic rings. The lowest BCUT2D eigenvalue weighted by atomic mass is 9.92. The number of carbonyl (C=O) groups is 1. The van der Waals surface area contributed by atoms with E-state index >= 15 is 0 Å². The summed E-state index contributed by atoms with van der Waals surface area (Å²) < 4.78 is 4.63. The van der Waals surface area contributed by atoms with E-state index < -0.39 is 11.9 Å². The average Bonchev–Trinajstić information content (AvgIpc) is 2.58. The summed E-state index contributed by atoms with van der Waals surface area (Å²) in [5.41, 5.74) is 1.61. The highest BCUT2D eigenvalue weighted by molar-refractivity contribution is 5.80. The summed E-state index contributed by atoms with van der Waals surface area (Å²) in [6.07, 6.45) is 0. The second kappa shape index (κ2) is 11.4. The van der Waals surface area contributed by atoms with Crippen molar-refractivity contribution in [2.45, 2.75) is 5.92 Å². The third-order valence-electron chi connectivity index (χ3n) is 2.98. The van der Waals surface area contributed by atoms with E-state index in [-0.39, 0.29) is 13.2 Å². The minimum Gasteiger partial charge on any atom is -0.481 e. The van der Waals surface area contributed by atoms with Crippen LogP contribution in [0.25, 0.3) is 0 Å². The summed E-state index contributed by atoms with van der Waals surface area (Å²) in [6.45, 7) is 0.696. The van der Waals surface area contributed by atoms with Crippen LogP contribution in [0, 0.1) is 0 Å². The van der Waals surface area contributed by atoms with E-state index in [1.54, 1.807) is 0 Å². The molecular formula is C18H22O5. The first-order valence-electron chi connectivity index (χ1n) is 7.32. The van der Waals surface area contributed by atoms with Crippen LogP contribution in [0.15, 0.2) is 60.7 Å². The summed E-state index contributed by atoms with van der Waals surface area (Å²) in [6, 6.07) is 18.5. The van der Waals surface area contributed by atoms with Gasteiger partial charge in [0, 0.05) is 0 Å². The predicted octanol–water partition coefficient (Wildman–Crippen LogP) is 1.89. The van der Waals surface area contributed by atoms with E-state index in [1.165, 1.54) is 0 Å². The summed E-state index contributed by atoms with van der Waals surface area (Å²) in [5, 5.41) is 25.5. The van der Waals surface area contributed by atoms with Gasteiger partial charge in [-0.1, -0.05) is 60.7 Å². The topological polar surface area (TPSA) is 87.0 Å². The number of aliphatic carboxylic acids is 1. The van der Waals surface area contributed by atoms with Crippen molar-refractivity contribution in [1.82, 2.24) is 0 Å². The van der Waals surface area contributed by atoms with Crippen molar-refractivity contribution in [2.24, 2.45) is 0 Å². The molecule has 0 bridgehead atoms. The fourth-order valence-corrected chi connectivity index (χ4v) is 2.00. The lowest BCUT2D eigenvalue weighted by molar-refractivity contribution is -0.137. The molecule has 5 nitrogen and oxygen atoms in total. The molecular weight excluding hydrogens is 296 g/mol. The third-order valence-corrected chi connectivity index (χ3v) is 2.98. The molecule has 2 rings (SSSR count). The van der Waals surface area contributed by atoms with E-state index in [0.29, 0.717) is 13.2 Å². The maximum atomic E-state index is 11.3. The molecule has 5 heteroatoms. The molecule has 2 aromatic carbocycles. The summed E-state index contributed by atoms with van der Waals surface area (Å²) >= 11 is 0. The number of ether oxygens (including phenoxy) is 1. The number of carboxylic acids is 1. The Kier molecular flexibility index (Phi) is 9.31. The van der Waals surface area contributed by atoms with Crippen LogP contribution in [0.3, 0.4) is 0 Å². The average molecular weight is 318 g/mol. The Morgan fingerprint density at radius 2 is 1.22 bits per heavy atom. The zero-order valence-corrected chi connectivity index (χ0v) is 12.8. The number of hydrogen-bond donors (Lipinski definition) is 3. The number of rotatable bonds is 7. The second-order valence-corrected chi connectivity index (χ2v) is 4.65. The highest BCUT2D eigenvalue weighted by Crippen LogP contribution is 2.24.